The molecule has 7 heteroatoms. The summed E-state index contributed by atoms with van der Waals surface area (Å²) < 4.78 is 0. The second-order valence-electron chi connectivity index (χ2n) is 5.68. The molecule has 0 spiro atoms. The van der Waals surface area contributed by atoms with E-state index in [2.05, 4.69) is 20.9 Å². The lowest BCUT2D eigenvalue weighted by Gasteiger charge is -2.35. The van der Waals surface area contributed by atoms with Gasteiger partial charge in [-0.1, -0.05) is 23.7 Å². The summed E-state index contributed by atoms with van der Waals surface area (Å²) in [4.78, 5) is 25.3. The van der Waals surface area contributed by atoms with Crippen LogP contribution in [-0.2, 0) is 4.79 Å². The minimum Gasteiger partial charge on any atom is -0.381 e. The topological polar surface area (TPSA) is 73.5 Å². The van der Waals surface area contributed by atoms with E-state index in [1.165, 1.54) is 7.05 Å². The molecule has 1 aromatic carbocycles. The first kappa shape index (κ1) is 17.6. The van der Waals surface area contributed by atoms with Gasteiger partial charge in [-0.05, 0) is 31.9 Å². The summed E-state index contributed by atoms with van der Waals surface area (Å²) in [6.45, 7) is 3.41. The number of hydrogen-bond donors (Lipinski definition) is 3. The highest BCUT2D eigenvalue weighted by Gasteiger charge is 2.27. The van der Waals surface area contributed by atoms with Crippen molar-refractivity contribution in [1.82, 2.24) is 15.5 Å². The summed E-state index contributed by atoms with van der Waals surface area (Å²) in [6, 6.07) is 7.22. The first-order valence-corrected chi connectivity index (χ1v) is 8.16. The van der Waals surface area contributed by atoms with Crippen LogP contribution in [0.2, 0.25) is 5.02 Å². The van der Waals surface area contributed by atoms with Gasteiger partial charge in [0, 0.05) is 26.2 Å². The van der Waals surface area contributed by atoms with Crippen LogP contribution in [0.25, 0.3) is 0 Å². The van der Waals surface area contributed by atoms with Gasteiger partial charge in [-0.3, -0.25) is 15.0 Å². The lowest BCUT2D eigenvalue weighted by molar-refractivity contribution is -0.125. The molecule has 6 nitrogen and oxygen atoms in total. The Morgan fingerprint density at radius 2 is 1.91 bits per heavy atom. The number of hydrogen-bond acceptors (Lipinski definition) is 4. The number of nitrogens with zero attached hydrogens (tertiary/aromatic N) is 1. The number of likely N-dealkylation sites (tertiary alicyclic amines) is 1. The summed E-state index contributed by atoms with van der Waals surface area (Å²) in [7, 11) is 1.49. The van der Waals surface area contributed by atoms with Crippen LogP contribution in [0.5, 0.6) is 0 Å². The molecular formula is C16H23ClN4O2. The molecule has 0 saturated carbocycles. The van der Waals surface area contributed by atoms with E-state index in [9.17, 15) is 9.59 Å². The minimum absolute atomic E-state index is 0.276. The number of amides is 3. The van der Waals surface area contributed by atoms with Crippen molar-refractivity contribution >= 4 is 29.2 Å². The molecule has 2 rings (SSSR count). The van der Waals surface area contributed by atoms with Gasteiger partial charge in [-0.25, -0.2) is 4.79 Å². The second-order valence-corrected chi connectivity index (χ2v) is 6.09. The second kappa shape index (κ2) is 8.17. The van der Waals surface area contributed by atoms with Crippen LogP contribution in [0, 0.1) is 0 Å². The molecule has 1 unspecified atom stereocenters. The van der Waals surface area contributed by atoms with Gasteiger partial charge < -0.3 is 10.6 Å². The summed E-state index contributed by atoms with van der Waals surface area (Å²) in [6.07, 6.45) is 1.84. The van der Waals surface area contributed by atoms with Crippen molar-refractivity contribution in [2.24, 2.45) is 0 Å². The van der Waals surface area contributed by atoms with Gasteiger partial charge in [-0.2, -0.15) is 0 Å². The van der Waals surface area contributed by atoms with Gasteiger partial charge in [0.2, 0.25) is 5.91 Å². The molecule has 1 aliphatic heterocycles. The number of benzene rings is 1. The number of carbonyl (C=O) groups excluding carboxylic acids is 2. The fourth-order valence-electron chi connectivity index (χ4n) is 2.67. The van der Waals surface area contributed by atoms with Gasteiger partial charge in [-0.15, -0.1) is 0 Å². The summed E-state index contributed by atoms with van der Waals surface area (Å²) >= 11 is 6.16. The number of urea groups is 1. The van der Waals surface area contributed by atoms with E-state index in [1.807, 2.05) is 31.2 Å². The van der Waals surface area contributed by atoms with Gasteiger partial charge >= 0.3 is 6.03 Å². The van der Waals surface area contributed by atoms with Gasteiger partial charge in [0.25, 0.3) is 0 Å². The van der Waals surface area contributed by atoms with E-state index in [1.54, 1.807) is 0 Å². The van der Waals surface area contributed by atoms with Crippen molar-refractivity contribution in [3.63, 3.8) is 0 Å². The zero-order valence-corrected chi connectivity index (χ0v) is 14.2. The van der Waals surface area contributed by atoms with Crippen LogP contribution >= 0.6 is 11.6 Å². The molecule has 23 heavy (non-hydrogen) atoms. The number of halogens is 1. The molecule has 1 aromatic rings. The average Bonchev–Trinajstić information content (AvgIpc) is 2.56. The molecular weight excluding hydrogens is 316 g/mol. The van der Waals surface area contributed by atoms with Crippen LogP contribution in [0.15, 0.2) is 24.3 Å². The third-order valence-corrected chi connectivity index (χ3v) is 4.48. The Balaban J connectivity index is 1.82. The van der Waals surface area contributed by atoms with Crippen molar-refractivity contribution in [2.45, 2.75) is 31.8 Å². The Morgan fingerprint density at radius 1 is 1.26 bits per heavy atom. The molecule has 126 valence electrons. The Labute approximate surface area is 141 Å². The number of carbonyl (C=O) groups is 2. The quantitative estimate of drug-likeness (QED) is 0.785. The SMILES string of the molecule is CNC(=O)NC(=O)C(C)N1CCC(Nc2ccccc2Cl)CC1. The smallest absolute Gasteiger partial charge is 0.321 e. The van der Waals surface area contributed by atoms with Gasteiger partial charge in [0.1, 0.15) is 0 Å². The normalized spacial score (nSPS) is 17.3. The monoisotopic (exact) mass is 338 g/mol. The summed E-state index contributed by atoms with van der Waals surface area (Å²) in [5.74, 6) is -0.276. The first-order chi connectivity index (χ1) is 11.0. The Bertz CT molecular complexity index is 559. The molecule has 3 amide bonds. The zero-order chi connectivity index (χ0) is 16.8. The largest absolute Gasteiger partial charge is 0.381 e. The van der Waals surface area contributed by atoms with E-state index in [0.717, 1.165) is 31.6 Å². The Hall–Kier alpha value is -1.79. The maximum absolute atomic E-state index is 12.0. The molecule has 0 bridgehead atoms. The van der Waals surface area contributed by atoms with Crippen LogP contribution in [0.3, 0.4) is 0 Å². The number of para-hydroxylation sites is 1. The maximum Gasteiger partial charge on any atom is 0.321 e. The Kier molecular flexibility index (Phi) is 6.24. The standard InChI is InChI=1S/C16H23ClN4O2/c1-11(15(22)20-16(23)18-2)21-9-7-12(8-10-21)19-14-6-4-3-5-13(14)17/h3-6,11-12,19H,7-10H2,1-2H3,(H2,18,20,22,23). The molecule has 0 aliphatic carbocycles. The number of rotatable bonds is 4. The predicted molar refractivity (Wildman–Crippen MR) is 91.7 cm³/mol. The third kappa shape index (κ3) is 4.84. The number of imide groups is 1. The van der Waals surface area contributed by atoms with E-state index >= 15 is 0 Å². The molecule has 1 heterocycles. The highest BCUT2D eigenvalue weighted by molar-refractivity contribution is 6.33. The fraction of sp³-hybridized carbons (Fsp3) is 0.500. The van der Waals surface area contributed by atoms with Crippen molar-refractivity contribution in [3.8, 4) is 0 Å². The van der Waals surface area contributed by atoms with Crippen molar-refractivity contribution in [3.05, 3.63) is 29.3 Å². The number of nitrogens with one attached hydrogen (secondary N) is 3. The first-order valence-electron chi connectivity index (χ1n) is 7.79. The highest BCUT2D eigenvalue weighted by Crippen LogP contribution is 2.24. The van der Waals surface area contributed by atoms with Crippen molar-refractivity contribution in [2.75, 3.05) is 25.5 Å². The van der Waals surface area contributed by atoms with E-state index in [-0.39, 0.29) is 11.9 Å². The fourth-order valence-corrected chi connectivity index (χ4v) is 2.86. The van der Waals surface area contributed by atoms with E-state index < -0.39 is 6.03 Å². The van der Waals surface area contributed by atoms with Crippen LogP contribution < -0.4 is 16.0 Å². The maximum atomic E-state index is 12.0. The van der Waals surface area contributed by atoms with Crippen LogP contribution in [-0.4, -0.2) is 49.1 Å². The van der Waals surface area contributed by atoms with E-state index in [4.69, 9.17) is 11.6 Å². The Morgan fingerprint density at radius 3 is 2.52 bits per heavy atom. The van der Waals surface area contributed by atoms with E-state index in [0.29, 0.717) is 11.1 Å². The lowest BCUT2D eigenvalue weighted by atomic mass is 10.0. The highest BCUT2D eigenvalue weighted by atomic mass is 35.5. The minimum atomic E-state index is -0.475. The molecule has 1 fully saturated rings. The molecule has 1 aliphatic rings. The van der Waals surface area contributed by atoms with Crippen molar-refractivity contribution in [1.29, 1.82) is 0 Å². The third-order valence-electron chi connectivity index (χ3n) is 4.15. The number of piperidine rings is 1. The van der Waals surface area contributed by atoms with Crippen LogP contribution in [0.4, 0.5) is 10.5 Å². The lowest BCUT2D eigenvalue weighted by Crippen LogP contribution is -2.52. The average molecular weight is 339 g/mol. The predicted octanol–water partition coefficient (Wildman–Crippen LogP) is 2.06. The number of anilines is 1. The van der Waals surface area contributed by atoms with Gasteiger partial charge in [0.05, 0.1) is 16.8 Å². The van der Waals surface area contributed by atoms with Crippen molar-refractivity contribution < 1.29 is 9.59 Å². The van der Waals surface area contributed by atoms with Gasteiger partial charge in [0.15, 0.2) is 0 Å². The molecule has 0 radical (unpaired) electrons. The van der Waals surface area contributed by atoms with Crippen LogP contribution in [0.1, 0.15) is 19.8 Å². The zero-order valence-electron chi connectivity index (χ0n) is 13.4. The summed E-state index contributed by atoms with van der Waals surface area (Å²) in [5.41, 5.74) is 0.943. The summed E-state index contributed by atoms with van der Waals surface area (Å²) in [5, 5.41) is 8.87. The molecule has 1 saturated heterocycles. The molecule has 0 aromatic heterocycles. The molecule has 1 atom stereocenters. The molecule has 3 N–H and O–H groups in total.